The van der Waals surface area contributed by atoms with E-state index in [-0.39, 0.29) is 5.97 Å². The van der Waals surface area contributed by atoms with Gasteiger partial charge in [-0.1, -0.05) is 65.4 Å². The lowest BCUT2D eigenvalue weighted by molar-refractivity contribution is -0.140. The van der Waals surface area contributed by atoms with Crippen molar-refractivity contribution in [2.75, 3.05) is 6.61 Å². The minimum atomic E-state index is -0.253. The average molecular weight is 254 g/mol. The third kappa shape index (κ3) is 9.26. The Morgan fingerprint density at radius 3 is 2.28 bits per heavy atom. The molecule has 0 saturated heterocycles. The molecule has 2 heteroatoms. The van der Waals surface area contributed by atoms with Crippen LogP contribution in [0.3, 0.4) is 0 Å². The van der Waals surface area contributed by atoms with Crippen LogP contribution in [-0.2, 0) is 9.53 Å². The summed E-state index contributed by atoms with van der Waals surface area (Å²) in [4.78, 5) is 11.3. The van der Waals surface area contributed by atoms with E-state index in [2.05, 4.69) is 20.4 Å². The van der Waals surface area contributed by atoms with Gasteiger partial charge in [0.25, 0.3) is 0 Å². The largest absolute Gasteiger partial charge is 0.462 e. The van der Waals surface area contributed by atoms with Crippen LogP contribution in [-0.4, -0.2) is 12.6 Å². The number of rotatable bonds is 11. The minimum absolute atomic E-state index is 0.253. The molecule has 0 amide bonds. The third-order valence-corrected chi connectivity index (χ3v) is 3.34. The van der Waals surface area contributed by atoms with Gasteiger partial charge in [-0.05, 0) is 19.3 Å². The standard InChI is InChI=1S/C16H30O2/c1-5-7-8-9-10-11-12-15(6-2)13-18-16(17)14(3)4/h15H,3,5-13H2,1-2,4H3. The Bertz CT molecular complexity index is 233. The van der Waals surface area contributed by atoms with Crippen LogP contribution in [0.4, 0.5) is 0 Å². The first-order chi connectivity index (χ1) is 8.61. The van der Waals surface area contributed by atoms with E-state index in [0.29, 0.717) is 18.1 Å². The average Bonchev–Trinajstić information content (AvgIpc) is 2.36. The van der Waals surface area contributed by atoms with E-state index in [4.69, 9.17) is 4.74 Å². The Labute approximate surface area is 113 Å². The molecule has 0 aromatic carbocycles. The zero-order valence-corrected chi connectivity index (χ0v) is 12.5. The third-order valence-electron chi connectivity index (χ3n) is 3.34. The highest BCUT2D eigenvalue weighted by Crippen LogP contribution is 2.16. The molecule has 0 bridgehead atoms. The van der Waals surface area contributed by atoms with E-state index < -0.39 is 0 Å². The van der Waals surface area contributed by atoms with Crippen LogP contribution < -0.4 is 0 Å². The molecule has 0 radical (unpaired) electrons. The highest BCUT2D eigenvalue weighted by atomic mass is 16.5. The molecule has 0 heterocycles. The van der Waals surface area contributed by atoms with Crippen molar-refractivity contribution < 1.29 is 9.53 Å². The minimum Gasteiger partial charge on any atom is -0.462 e. The van der Waals surface area contributed by atoms with E-state index in [1.165, 1.54) is 44.9 Å². The SMILES string of the molecule is C=C(C)C(=O)OCC(CC)CCCCCCCC. The Hall–Kier alpha value is -0.790. The van der Waals surface area contributed by atoms with Crippen molar-refractivity contribution in [3.63, 3.8) is 0 Å². The van der Waals surface area contributed by atoms with Gasteiger partial charge in [-0.15, -0.1) is 0 Å². The first kappa shape index (κ1) is 17.2. The van der Waals surface area contributed by atoms with Crippen LogP contribution >= 0.6 is 0 Å². The number of hydrogen-bond acceptors (Lipinski definition) is 2. The second-order valence-electron chi connectivity index (χ2n) is 5.21. The first-order valence-electron chi connectivity index (χ1n) is 7.44. The molecule has 0 aliphatic rings. The van der Waals surface area contributed by atoms with Gasteiger partial charge in [0, 0.05) is 5.57 Å². The van der Waals surface area contributed by atoms with Gasteiger partial charge < -0.3 is 4.74 Å². The Morgan fingerprint density at radius 1 is 1.11 bits per heavy atom. The van der Waals surface area contributed by atoms with E-state index in [9.17, 15) is 4.79 Å². The summed E-state index contributed by atoms with van der Waals surface area (Å²) in [5, 5.41) is 0. The molecule has 1 unspecified atom stereocenters. The van der Waals surface area contributed by atoms with Crippen molar-refractivity contribution >= 4 is 5.97 Å². The predicted molar refractivity (Wildman–Crippen MR) is 77.5 cm³/mol. The molecule has 0 aliphatic heterocycles. The van der Waals surface area contributed by atoms with Crippen LogP contribution in [0, 0.1) is 5.92 Å². The summed E-state index contributed by atoms with van der Waals surface area (Å²) in [6.45, 7) is 10.2. The van der Waals surface area contributed by atoms with Crippen molar-refractivity contribution in [2.24, 2.45) is 5.92 Å². The molecule has 1 atom stereocenters. The highest BCUT2D eigenvalue weighted by molar-refractivity contribution is 5.86. The molecule has 0 N–H and O–H groups in total. The number of carbonyl (C=O) groups is 1. The Kier molecular flexibility index (Phi) is 10.8. The summed E-state index contributed by atoms with van der Waals surface area (Å²) in [6, 6.07) is 0. The normalized spacial score (nSPS) is 12.2. The van der Waals surface area contributed by atoms with E-state index in [0.717, 1.165) is 6.42 Å². The fourth-order valence-electron chi connectivity index (χ4n) is 1.94. The van der Waals surface area contributed by atoms with Gasteiger partial charge in [0.15, 0.2) is 0 Å². The van der Waals surface area contributed by atoms with Crippen molar-refractivity contribution in [1.82, 2.24) is 0 Å². The molecule has 0 fully saturated rings. The summed E-state index contributed by atoms with van der Waals surface area (Å²) in [7, 11) is 0. The smallest absolute Gasteiger partial charge is 0.333 e. The van der Waals surface area contributed by atoms with Crippen molar-refractivity contribution in [2.45, 2.75) is 72.1 Å². The van der Waals surface area contributed by atoms with E-state index in [1.807, 2.05) is 0 Å². The second kappa shape index (κ2) is 11.3. The van der Waals surface area contributed by atoms with Crippen molar-refractivity contribution in [1.29, 1.82) is 0 Å². The topological polar surface area (TPSA) is 26.3 Å². The van der Waals surface area contributed by atoms with Gasteiger partial charge in [-0.3, -0.25) is 0 Å². The number of hydrogen-bond donors (Lipinski definition) is 0. The summed E-state index contributed by atoms with van der Waals surface area (Å²) >= 11 is 0. The van der Waals surface area contributed by atoms with Crippen LogP contribution in [0.2, 0.25) is 0 Å². The maximum atomic E-state index is 11.3. The zero-order chi connectivity index (χ0) is 13.8. The number of unbranched alkanes of at least 4 members (excludes halogenated alkanes) is 5. The summed E-state index contributed by atoms with van der Waals surface area (Å²) in [5.41, 5.74) is 0.490. The molecule has 2 nitrogen and oxygen atoms in total. The van der Waals surface area contributed by atoms with Gasteiger partial charge in [-0.2, -0.15) is 0 Å². The van der Waals surface area contributed by atoms with Gasteiger partial charge >= 0.3 is 5.97 Å². The van der Waals surface area contributed by atoms with Crippen LogP contribution in [0.5, 0.6) is 0 Å². The van der Waals surface area contributed by atoms with Crippen LogP contribution in [0.1, 0.15) is 72.1 Å². The molecule has 0 aromatic rings. The Balaban J connectivity index is 3.58. The van der Waals surface area contributed by atoms with Gasteiger partial charge in [0.1, 0.15) is 0 Å². The lowest BCUT2D eigenvalue weighted by Gasteiger charge is -2.14. The molecule has 106 valence electrons. The summed E-state index contributed by atoms with van der Waals surface area (Å²) in [5.74, 6) is 0.260. The summed E-state index contributed by atoms with van der Waals surface area (Å²) in [6.07, 6.45) is 10.2. The first-order valence-corrected chi connectivity index (χ1v) is 7.44. The zero-order valence-electron chi connectivity index (χ0n) is 12.5. The van der Waals surface area contributed by atoms with Crippen LogP contribution in [0.25, 0.3) is 0 Å². The fourth-order valence-corrected chi connectivity index (χ4v) is 1.94. The maximum absolute atomic E-state index is 11.3. The molecular weight excluding hydrogens is 224 g/mol. The monoisotopic (exact) mass is 254 g/mol. The van der Waals surface area contributed by atoms with Gasteiger partial charge in [-0.25, -0.2) is 4.79 Å². The molecular formula is C16H30O2. The number of ether oxygens (including phenoxy) is 1. The number of esters is 1. The molecule has 0 aromatic heterocycles. The fraction of sp³-hybridized carbons (Fsp3) is 0.812. The maximum Gasteiger partial charge on any atom is 0.333 e. The highest BCUT2D eigenvalue weighted by Gasteiger charge is 2.10. The van der Waals surface area contributed by atoms with Crippen molar-refractivity contribution in [3.05, 3.63) is 12.2 Å². The lowest BCUT2D eigenvalue weighted by Crippen LogP contribution is -2.14. The molecule has 0 rings (SSSR count). The molecule has 0 aliphatic carbocycles. The molecule has 0 saturated carbocycles. The van der Waals surface area contributed by atoms with E-state index in [1.54, 1.807) is 6.92 Å². The van der Waals surface area contributed by atoms with Crippen molar-refractivity contribution in [3.8, 4) is 0 Å². The summed E-state index contributed by atoms with van der Waals surface area (Å²) < 4.78 is 5.21. The van der Waals surface area contributed by atoms with Gasteiger partial charge in [0.05, 0.1) is 6.61 Å². The predicted octanol–water partition coefficient (Wildman–Crippen LogP) is 4.88. The lowest BCUT2D eigenvalue weighted by atomic mass is 9.98. The second-order valence-corrected chi connectivity index (χ2v) is 5.21. The van der Waals surface area contributed by atoms with Crippen LogP contribution in [0.15, 0.2) is 12.2 Å². The number of carbonyl (C=O) groups excluding carboxylic acids is 1. The molecule has 0 spiro atoms. The van der Waals surface area contributed by atoms with E-state index >= 15 is 0 Å². The quantitative estimate of drug-likeness (QED) is 0.298. The molecule has 18 heavy (non-hydrogen) atoms. The Morgan fingerprint density at radius 2 is 1.72 bits per heavy atom. The van der Waals surface area contributed by atoms with Gasteiger partial charge in [0.2, 0.25) is 0 Å².